The van der Waals surface area contributed by atoms with Gasteiger partial charge in [-0.2, -0.15) is 5.10 Å². The average molecular weight is 514 g/mol. The van der Waals surface area contributed by atoms with Gasteiger partial charge >= 0.3 is 0 Å². The van der Waals surface area contributed by atoms with Crippen LogP contribution in [0.4, 0.5) is 0 Å². The molecule has 5 nitrogen and oxygen atoms in total. The molecule has 0 spiro atoms. The van der Waals surface area contributed by atoms with Gasteiger partial charge in [0.1, 0.15) is 10.6 Å². The molecule has 7 heteroatoms. The van der Waals surface area contributed by atoms with Crippen LogP contribution in [-0.4, -0.2) is 24.7 Å². The Kier molecular flexibility index (Phi) is 7.41. The largest absolute Gasteiger partial charge is 0.266 e. The van der Waals surface area contributed by atoms with Crippen molar-refractivity contribution in [1.29, 1.82) is 0 Å². The van der Waals surface area contributed by atoms with Gasteiger partial charge in [0.05, 0.1) is 11.4 Å². The molecule has 36 heavy (non-hydrogen) atoms. The first-order valence-electron chi connectivity index (χ1n) is 11.8. The zero-order valence-electron chi connectivity index (χ0n) is 19.7. The molecule has 0 radical (unpaired) electrons. The molecule has 0 aliphatic rings. The van der Waals surface area contributed by atoms with Crippen LogP contribution >= 0.6 is 11.3 Å². The number of sulfonamides is 1. The smallest absolute Gasteiger partial charge is 0.244 e. The quantitative estimate of drug-likeness (QED) is 0.243. The summed E-state index contributed by atoms with van der Waals surface area (Å²) in [5.74, 6) is 0.0904. The predicted molar refractivity (Wildman–Crippen MR) is 146 cm³/mol. The molecule has 1 N–H and O–H groups in total. The van der Waals surface area contributed by atoms with E-state index in [1.165, 1.54) is 11.3 Å². The topological polar surface area (TPSA) is 64.0 Å². The third-order valence-electron chi connectivity index (χ3n) is 6.09. The summed E-state index contributed by atoms with van der Waals surface area (Å²) in [6.45, 7) is 0.809. The summed E-state index contributed by atoms with van der Waals surface area (Å²) in [4.78, 5) is 1.03. The first-order valence-corrected chi connectivity index (χ1v) is 14.2. The number of nitrogens with one attached hydrogen (secondary N) is 1. The minimum absolute atomic E-state index is 0.0904. The fraction of sp³-hybridized carbons (Fsp3) is 0.138. The number of thiophene rings is 1. The lowest BCUT2D eigenvalue weighted by molar-refractivity contribution is 0.575. The zero-order chi connectivity index (χ0) is 24.8. The summed E-state index contributed by atoms with van der Waals surface area (Å²) in [6, 6.07) is 34.1. The Bertz CT molecular complexity index is 1440. The van der Waals surface area contributed by atoms with Crippen molar-refractivity contribution in [3.8, 4) is 10.6 Å². The van der Waals surface area contributed by atoms with Gasteiger partial charge in [0.25, 0.3) is 0 Å². The van der Waals surface area contributed by atoms with E-state index in [9.17, 15) is 8.42 Å². The summed E-state index contributed by atoms with van der Waals surface area (Å²) in [6.07, 6.45) is 2.27. The molecule has 0 unspecified atom stereocenters. The van der Waals surface area contributed by atoms with Crippen molar-refractivity contribution >= 4 is 21.4 Å². The van der Waals surface area contributed by atoms with Crippen LogP contribution in [0, 0.1) is 0 Å². The second kappa shape index (κ2) is 11.0. The monoisotopic (exact) mass is 513 g/mol. The number of hydrogen-bond acceptors (Lipinski definition) is 4. The molecule has 3 aromatic carbocycles. The Morgan fingerprint density at radius 1 is 0.806 bits per heavy atom. The van der Waals surface area contributed by atoms with Gasteiger partial charge in [-0.3, -0.25) is 4.68 Å². The Morgan fingerprint density at radius 3 is 2.00 bits per heavy atom. The molecule has 0 saturated heterocycles. The lowest BCUT2D eigenvalue weighted by Gasteiger charge is -2.18. The van der Waals surface area contributed by atoms with Gasteiger partial charge < -0.3 is 0 Å². The molecule has 182 valence electrons. The van der Waals surface area contributed by atoms with Crippen LogP contribution in [0.25, 0.3) is 10.6 Å². The van der Waals surface area contributed by atoms with Gasteiger partial charge in [-0.15, -0.1) is 11.3 Å². The highest BCUT2D eigenvalue weighted by molar-refractivity contribution is 7.89. The number of nitrogens with zero attached hydrogens (tertiary/aromatic N) is 2. The van der Waals surface area contributed by atoms with Crippen LogP contribution in [0.2, 0.25) is 0 Å². The van der Waals surface area contributed by atoms with Crippen molar-refractivity contribution in [2.75, 3.05) is 6.54 Å². The molecule has 0 atom stereocenters. The van der Waals surface area contributed by atoms with Crippen LogP contribution < -0.4 is 4.72 Å². The van der Waals surface area contributed by atoms with Gasteiger partial charge in [-0.25, -0.2) is 13.1 Å². The highest BCUT2D eigenvalue weighted by atomic mass is 32.2. The standard InChI is InChI=1S/C29H27N3O2S2/c33-36(34,30-19-18-26(24-13-6-2-7-14-24)25-15-8-3-9-16-25)28-22-32(21-23-11-4-1-5-12-23)31-29(28)27-17-10-20-35-27/h1-17,20,22,26,30H,18-19,21H2. The highest BCUT2D eigenvalue weighted by Crippen LogP contribution is 2.31. The predicted octanol–water partition coefficient (Wildman–Crippen LogP) is 6.16. The summed E-state index contributed by atoms with van der Waals surface area (Å²) in [5, 5.41) is 6.59. The van der Waals surface area contributed by atoms with Crippen molar-refractivity contribution in [2.24, 2.45) is 0 Å². The highest BCUT2D eigenvalue weighted by Gasteiger charge is 2.25. The lowest BCUT2D eigenvalue weighted by atomic mass is 9.89. The van der Waals surface area contributed by atoms with Crippen LogP contribution in [0.15, 0.2) is 120 Å². The van der Waals surface area contributed by atoms with E-state index >= 15 is 0 Å². The van der Waals surface area contributed by atoms with E-state index in [0.717, 1.165) is 21.6 Å². The minimum atomic E-state index is -3.78. The Balaban J connectivity index is 1.38. The second-order valence-electron chi connectivity index (χ2n) is 8.56. The van der Waals surface area contributed by atoms with Gasteiger partial charge in [0.15, 0.2) is 0 Å². The molecule has 5 rings (SSSR count). The van der Waals surface area contributed by atoms with Gasteiger partial charge in [-0.05, 0) is 34.6 Å². The third-order valence-corrected chi connectivity index (χ3v) is 8.43. The number of benzene rings is 3. The second-order valence-corrected chi connectivity index (χ2v) is 11.2. The van der Waals surface area contributed by atoms with Crippen molar-refractivity contribution < 1.29 is 8.42 Å². The van der Waals surface area contributed by atoms with Crippen molar-refractivity contribution in [2.45, 2.75) is 23.8 Å². The van der Waals surface area contributed by atoms with Crippen LogP contribution in [-0.2, 0) is 16.6 Å². The number of aromatic nitrogens is 2. The van der Waals surface area contributed by atoms with Gasteiger partial charge in [0, 0.05) is 18.7 Å². The molecule has 2 aromatic heterocycles. The molecular formula is C29H27N3O2S2. The van der Waals surface area contributed by atoms with E-state index in [0.29, 0.717) is 25.2 Å². The van der Waals surface area contributed by atoms with Gasteiger partial charge in [0.2, 0.25) is 10.0 Å². The molecule has 0 saturated carbocycles. The van der Waals surface area contributed by atoms with Crippen molar-refractivity contribution in [3.05, 3.63) is 131 Å². The lowest BCUT2D eigenvalue weighted by Crippen LogP contribution is -2.26. The maximum absolute atomic E-state index is 13.5. The molecule has 0 aliphatic heterocycles. The molecule has 5 aromatic rings. The van der Waals surface area contributed by atoms with Crippen LogP contribution in [0.1, 0.15) is 29.0 Å². The summed E-state index contributed by atoms with van der Waals surface area (Å²) < 4.78 is 31.6. The molecule has 0 fully saturated rings. The van der Waals surface area contributed by atoms with Crippen LogP contribution in [0.5, 0.6) is 0 Å². The first-order chi connectivity index (χ1) is 17.6. The summed E-state index contributed by atoms with van der Waals surface area (Å²) in [7, 11) is -3.78. The molecule has 0 bridgehead atoms. The van der Waals surface area contributed by atoms with Crippen molar-refractivity contribution in [3.63, 3.8) is 0 Å². The fourth-order valence-corrected chi connectivity index (χ4v) is 6.34. The maximum Gasteiger partial charge on any atom is 0.244 e. The average Bonchev–Trinajstić information content (AvgIpc) is 3.59. The minimum Gasteiger partial charge on any atom is -0.266 e. The Hall–Kier alpha value is -3.52. The number of hydrogen-bond donors (Lipinski definition) is 1. The molecular weight excluding hydrogens is 486 g/mol. The Morgan fingerprint density at radius 2 is 1.42 bits per heavy atom. The van der Waals surface area contributed by atoms with Crippen LogP contribution in [0.3, 0.4) is 0 Å². The van der Waals surface area contributed by atoms with E-state index in [4.69, 9.17) is 0 Å². The maximum atomic E-state index is 13.5. The van der Waals surface area contributed by atoms with E-state index in [1.807, 2.05) is 84.2 Å². The molecule has 0 amide bonds. The molecule has 2 heterocycles. The van der Waals surface area contributed by atoms with E-state index in [2.05, 4.69) is 34.1 Å². The van der Waals surface area contributed by atoms with Crippen molar-refractivity contribution in [1.82, 2.24) is 14.5 Å². The summed E-state index contributed by atoms with van der Waals surface area (Å²) >= 11 is 1.48. The Labute approximate surface area is 216 Å². The number of rotatable bonds is 10. The first kappa shape index (κ1) is 24.2. The fourth-order valence-electron chi connectivity index (χ4n) is 4.35. The van der Waals surface area contributed by atoms with E-state index in [1.54, 1.807) is 10.9 Å². The third kappa shape index (κ3) is 5.65. The normalized spacial score (nSPS) is 11.7. The SMILES string of the molecule is O=S(=O)(NCCC(c1ccccc1)c1ccccc1)c1cn(Cc2ccccc2)nc1-c1cccs1. The molecule has 0 aliphatic carbocycles. The zero-order valence-corrected chi connectivity index (χ0v) is 21.3. The van der Waals surface area contributed by atoms with E-state index < -0.39 is 10.0 Å². The van der Waals surface area contributed by atoms with E-state index in [-0.39, 0.29) is 10.8 Å². The van der Waals surface area contributed by atoms with Gasteiger partial charge in [-0.1, -0.05) is 97.1 Å². The summed E-state index contributed by atoms with van der Waals surface area (Å²) in [5.41, 5.74) is 3.87.